The van der Waals surface area contributed by atoms with Crippen LogP contribution in [0.15, 0.2) is 18.2 Å². The molecule has 0 radical (unpaired) electrons. The lowest BCUT2D eigenvalue weighted by molar-refractivity contribution is 0.0493. The number of rotatable bonds is 5. The van der Waals surface area contributed by atoms with E-state index in [4.69, 9.17) is 10.5 Å². The number of aryl methyl sites for hydroxylation is 1. The van der Waals surface area contributed by atoms with Crippen LogP contribution in [0.5, 0.6) is 0 Å². The van der Waals surface area contributed by atoms with Gasteiger partial charge in [-0.3, -0.25) is 0 Å². The number of nitrogens with zero attached hydrogens (tertiary/aromatic N) is 1. The Labute approximate surface area is 102 Å². The molecule has 0 heterocycles. The molecule has 0 aliphatic carbocycles. The van der Waals surface area contributed by atoms with E-state index in [-0.39, 0.29) is 5.97 Å². The molecule has 1 aromatic rings. The van der Waals surface area contributed by atoms with Crippen molar-refractivity contribution in [3.63, 3.8) is 0 Å². The molecule has 4 heteroatoms. The van der Waals surface area contributed by atoms with Crippen LogP contribution in [-0.4, -0.2) is 38.1 Å². The highest BCUT2D eigenvalue weighted by Gasteiger charge is 2.08. The third-order valence-corrected chi connectivity index (χ3v) is 2.50. The fraction of sp³-hybridized carbons (Fsp3) is 0.462. The third kappa shape index (κ3) is 4.44. The zero-order chi connectivity index (χ0) is 12.8. The van der Waals surface area contributed by atoms with Crippen LogP contribution < -0.4 is 5.73 Å². The van der Waals surface area contributed by atoms with E-state index in [1.165, 1.54) is 0 Å². The van der Waals surface area contributed by atoms with Crippen molar-refractivity contribution in [3.8, 4) is 0 Å². The summed E-state index contributed by atoms with van der Waals surface area (Å²) in [7, 11) is 3.98. The number of ether oxygens (including phenoxy) is 1. The Kier molecular flexibility index (Phi) is 4.97. The average Bonchev–Trinajstić information content (AvgIpc) is 2.27. The summed E-state index contributed by atoms with van der Waals surface area (Å²) in [4.78, 5) is 13.7. The number of anilines is 1. The topological polar surface area (TPSA) is 55.6 Å². The molecule has 0 spiro atoms. The van der Waals surface area contributed by atoms with Crippen LogP contribution in [0.2, 0.25) is 0 Å². The minimum atomic E-state index is -0.310. The molecule has 4 nitrogen and oxygen atoms in total. The van der Waals surface area contributed by atoms with E-state index in [1.807, 2.05) is 27.1 Å². The lowest BCUT2D eigenvalue weighted by Crippen LogP contribution is -2.16. The van der Waals surface area contributed by atoms with Crippen molar-refractivity contribution in [2.45, 2.75) is 13.3 Å². The molecule has 0 fully saturated rings. The van der Waals surface area contributed by atoms with Gasteiger partial charge in [0.2, 0.25) is 0 Å². The Hall–Kier alpha value is -1.55. The molecule has 0 atom stereocenters. The number of hydrogen-bond donors (Lipinski definition) is 1. The number of nitrogen functional groups attached to an aromatic ring is 1. The Morgan fingerprint density at radius 1 is 1.41 bits per heavy atom. The van der Waals surface area contributed by atoms with Gasteiger partial charge in [0.25, 0.3) is 0 Å². The van der Waals surface area contributed by atoms with Crippen LogP contribution in [0, 0.1) is 6.92 Å². The average molecular weight is 236 g/mol. The van der Waals surface area contributed by atoms with Crippen molar-refractivity contribution >= 4 is 11.7 Å². The summed E-state index contributed by atoms with van der Waals surface area (Å²) in [6, 6.07) is 5.22. The maximum atomic E-state index is 11.7. The summed E-state index contributed by atoms with van der Waals surface area (Å²) in [5.74, 6) is -0.310. The minimum absolute atomic E-state index is 0.310. The lowest BCUT2D eigenvalue weighted by atomic mass is 10.1. The highest BCUT2D eigenvalue weighted by atomic mass is 16.5. The first-order chi connectivity index (χ1) is 8.00. The number of nitrogens with two attached hydrogens (primary N) is 1. The molecule has 0 aliphatic rings. The fourth-order valence-electron chi connectivity index (χ4n) is 1.40. The Morgan fingerprint density at radius 2 is 2.12 bits per heavy atom. The maximum Gasteiger partial charge on any atom is 0.338 e. The van der Waals surface area contributed by atoms with Gasteiger partial charge in [0.15, 0.2) is 0 Å². The summed E-state index contributed by atoms with van der Waals surface area (Å²) in [6.07, 6.45) is 0.833. The van der Waals surface area contributed by atoms with Crippen molar-refractivity contribution in [2.24, 2.45) is 0 Å². The highest BCUT2D eigenvalue weighted by Crippen LogP contribution is 2.13. The number of carbonyl (C=O) groups is 1. The third-order valence-electron chi connectivity index (χ3n) is 2.50. The van der Waals surface area contributed by atoms with Crippen LogP contribution in [0.1, 0.15) is 22.3 Å². The van der Waals surface area contributed by atoms with Gasteiger partial charge in [0.1, 0.15) is 0 Å². The first-order valence-corrected chi connectivity index (χ1v) is 5.68. The molecule has 17 heavy (non-hydrogen) atoms. The van der Waals surface area contributed by atoms with Crippen LogP contribution >= 0.6 is 0 Å². The quantitative estimate of drug-likeness (QED) is 0.480. The normalized spacial score (nSPS) is 10.6. The Bertz CT molecular complexity index is 389. The van der Waals surface area contributed by atoms with Gasteiger partial charge < -0.3 is 15.4 Å². The van der Waals surface area contributed by atoms with E-state index in [2.05, 4.69) is 4.90 Å². The van der Waals surface area contributed by atoms with Crippen molar-refractivity contribution in [1.29, 1.82) is 0 Å². The minimum Gasteiger partial charge on any atom is -0.462 e. The monoisotopic (exact) mass is 236 g/mol. The molecule has 0 aromatic heterocycles. The lowest BCUT2D eigenvalue weighted by Gasteiger charge is -2.10. The fourth-order valence-corrected chi connectivity index (χ4v) is 1.40. The molecule has 94 valence electrons. The summed E-state index contributed by atoms with van der Waals surface area (Å²) in [5.41, 5.74) is 7.84. The van der Waals surface area contributed by atoms with E-state index in [0.717, 1.165) is 18.5 Å². The van der Waals surface area contributed by atoms with Crippen molar-refractivity contribution in [2.75, 3.05) is 33.0 Å². The van der Waals surface area contributed by atoms with Gasteiger partial charge in [-0.05, 0) is 45.1 Å². The summed E-state index contributed by atoms with van der Waals surface area (Å²) >= 11 is 0. The van der Waals surface area contributed by atoms with E-state index in [0.29, 0.717) is 17.9 Å². The first-order valence-electron chi connectivity index (χ1n) is 5.68. The molecule has 1 rings (SSSR count). The van der Waals surface area contributed by atoms with Gasteiger partial charge in [0.05, 0.1) is 12.2 Å². The maximum absolute atomic E-state index is 11.7. The smallest absolute Gasteiger partial charge is 0.338 e. The van der Waals surface area contributed by atoms with Gasteiger partial charge in [-0.2, -0.15) is 0 Å². The molecule has 1 aromatic carbocycles. The second kappa shape index (κ2) is 6.25. The first kappa shape index (κ1) is 13.5. The number of carbonyl (C=O) groups excluding carboxylic acids is 1. The SMILES string of the molecule is Cc1ccc(C(=O)OCCCN(C)C)cc1N. The van der Waals surface area contributed by atoms with E-state index in [1.54, 1.807) is 12.1 Å². The van der Waals surface area contributed by atoms with Crippen LogP contribution in [0.4, 0.5) is 5.69 Å². The standard InChI is InChI=1S/C13H20N2O2/c1-10-5-6-11(9-12(10)14)13(16)17-8-4-7-15(2)3/h5-6,9H,4,7-8,14H2,1-3H3. The van der Waals surface area contributed by atoms with E-state index in [9.17, 15) is 4.79 Å². The summed E-state index contributed by atoms with van der Waals surface area (Å²) in [6.45, 7) is 3.25. The Balaban J connectivity index is 2.44. The highest BCUT2D eigenvalue weighted by molar-refractivity contribution is 5.90. The van der Waals surface area contributed by atoms with Gasteiger partial charge >= 0.3 is 5.97 Å². The molecule has 0 amide bonds. The summed E-state index contributed by atoms with van der Waals surface area (Å²) in [5, 5.41) is 0. The van der Waals surface area contributed by atoms with Crippen LogP contribution in [0.25, 0.3) is 0 Å². The second-order valence-electron chi connectivity index (χ2n) is 4.36. The predicted octanol–water partition coefficient (Wildman–Crippen LogP) is 1.69. The zero-order valence-electron chi connectivity index (χ0n) is 10.7. The molecular weight excluding hydrogens is 216 g/mol. The molecule has 0 aliphatic heterocycles. The van der Waals surface area contributed by atoms with Crippen molar-refractivity contribution in [1.82, 2.24) is 4.90 Å². The largest absolute Gasteiger partial charge is 0.462 e. The number of esters is 1. The van der Waals surface area contributed by atoms with Crippen molar-refractivity contribution < 1.29 is 9.53 Å². The molecule has 0 saturated heterocycles. The molecule has 0 saturated carbocycles. The van der Waals surface area contributed by atoms with Gasteiger partial charge in [0, 0.05) is 12.2 Å². The van der Waals surface area contributed by atoms with E-state index >= 15 is 0 Å². The van der Waals surface area contributed by atoms with Crippen molar-refractivity contribution in [3.05, 3.63) is 29.3 Å². The molecule has 2 N–H and O–H groups in total. The summed E-state index contributed by atoms with van der Waals surface area (Å²) < 4.78 is 5.15. The zero-order valence-corrected chi connectivity index (χ0v) is 10.7. The van der Waals surface area contributed by atoms with Gasteiger partial charge in [-0.1, -0.05) is 6.07 Å². The molecule has 0 unspecified atom stereocenters. The second-order valence-corrected chi connectivity index (χ2v) is 4.36. The van der Waals surface area contributed by atoms with Gasteiger partial charge in [-0.25, -0.2) is 4.79 Å². The Morgan fingerprint density at radius 3 is 2.71 bits per heavy atom. The number of benzene rings is 1. The predicted molar refractivity (Wildman–Crippen MR) is 69.0 cm³/mol. The number of hydrogen-bond acceptors (Lipinski definition) is 4. The van der Waals surface area contributed by atoms with E-state index < -0.39 is 0 Å². The van der Waals surface area contributed by atoms with Gasteiger partial charge in [-0.15, -0.1) is 0 Å². The van der Waals surface area contributed by atoms with Crippen LogP contribution in [0.3, 0.4) is 0 Å². The molecular formula is C13H20N2O2. The van der Waals surface area contributed by atoms with Crippen LogP contribution in [-0.2, 0) is 4.74 Å². The molecule has 0 bridgehead atoms.